The van der Waals surface area contributed by atoms with Crippen molar-refractivity contribution in [1.29, 1.82) is 5.41 Å². The van der Waals surface area contributed by atoms with Crippen molar-refractivity contribution >= 4 is 40.2 Å². The van der Waals surface area contributed by atoms with Crippen molar-refractivity contribution in [3.63, 3.8) is 0 Å². The summed E-state index contributed by atoms with van der Waals surface area (Å²) in [5.41, 5.74) is 11.3. The maximum absolute atomic E-state index is 12.3. The van der Waals surface area contributed by atoms with Crippen LogP contribution < -0.4 is 11.1 Å². The number of nitrogens with zero attached hydrogens (tertiary/aromatic N) is 1. The first-order valence-electron chi connectivity index (χ1n) is 8.39. The summed E-state index contributed by atoms with van der Waals surface area (Å²) in [6, 6.07) is 3.58. The average Bonchev–Trinajstić information content (AvgIpc) is 2.61. The number of fused-ring (bicyclic) bond motifs is 3. The van der Waals surface area contributed by atoms with Gasteiger partial charge in [0, 0.05) is 29.3 Å². The molecule has 1 aliphatic heterocycles. The number of benzene rings is 1. The molecule has 0 fully saturated rings. The number of nitrogens with two attached hydrogens (primary N) is 1. The number of anilines is 1. The van der Waals surface area contributed by atoms with Crippen LogP contribution in [-0.4, -0.2) is 23.0 Å². The van der Waals surface area contributed by atoms with Crippen LogP contribution in [0.2, 0.25) is 0 Å². The number of amides is 2. The number of pyridine rings is 1. The monoisotopic (exact) mass is 334 g/mol. The van der Waals surface area contributed by atoms with Crippen LogP contribution in [0.4, 0.5) is 5.69 Å². The van der Waals surface area contributed by atoms with Crippen LogP contribution in [-0.2, 0) is 22.4 Å². The van der Waals surface area contributed by atoms with Gasteiger partial charge in [-0.15, -0.1) is 0 Å². The number of aryl methyl sites for hydroxylation is 1. The zero-order valence-corrected chi connectivity index (χ0v) is 13.7. The molecule has 2 heterocycles. The minimum absolute atomic E-state index is 0.184. The molecule has 6 heteroatoms. The maximum Gasteiger partial charge on any atom is 0.259 e. The van der Waals surface area contributed by atoms with E-state index in [0.717, 1.165) is 47.7 Å². The molecule has 2 aliphatic rings. The molecule has 1 aromatic carbocycles. The lowest BCUT2D eigenvalue weighted by Crippen LogP contribution is -2.34. The highest BCUT2D eigenvalue weighted by Gasteiger charge is 2.27. The van der Waals surface area contributed by atoms with Crippen molar-refractivity contribution < 1.29 is 9.59 Å². The number of carbonyl (C=O) groups excluding carboxylic acids is 2. The minimum atomic E-state index is -0.390. The molecule has 0 saturated heterocycles. The molecule has 0 radical (unpaired) electrons. The second-order valence-electron chi connectivity index (χ2n) is 6.43. The number of carbonyl (C=O) groups is 2. The van der Waals surface area contributed by atoms with Crippen LogP contribution in [0.15, 0.2) is 18.2 Å². The van der Waals surface area contributed by atoms with Gasteiger partial charge in [0.05, 0.1) is 16.8 Å². The van der Waals surface area contributed by atoms with E-state index < -0.39 is 5.91 Å². The lowest BCUT2D eigenvalue weighted by atomic mass is 9.84. The van der Waals surface area contributed by atoms with Gasteiger partial charge in [0.1, 0.15) is 0 Å². The summed E-state index contributed by atoms with van der Waals surface area (Å²) in [6.45, 7) is 0. The van der Waals surface area contributed by atoms with Crippen molar-refractivity contribution in [3.8, 4) is 0 Å². The first-order valence-corrected chi connectivity index (χ1v) is 8.39. The van der Waals surface area contributed by atoms with Gasteiger partial charge < -0.3 is 11.1 Å². The van der Waals surface area contributed by atoms with E-state index in [1.807, 2.05) is 6.07 Å². The SMILES string of the molecule is N=Cc1c(N)ccc2nc(C3=CCC(=O)NC3=O)c3c(c12)CCCC3. The second kappa shape index (κ2) is 5.81. The molecule has 0 bridgehead atoms. The Hall–Kier alpha value is -3.02. The first-order chi connectivity index (χ1) is 12.1. The topological polar surface area (TPSA) is 109 Å². The van der Waals surface area contributed by atoms with Gasteiger partial charge in [-0.05, 0) is 48.9 Å². The van der Waals surface area contributed by atoms with Gasteiger partial charge in [0.25, 0.3) is 5.91 Å². The fourth-order valence-electron chi connectivity index (χ4n) is 3.78. The Morgan fingerprint density at radius 1 is 1.16 bits per heavy atom. The van der Waals surface area contributed by atoms with Crippen molar-refractivity contribution in [1.82, 2.24) is 10.3 Å². The standard InChI is InChI=1S/C19H18N4O2/c20-9-13-14(21)6-7-15-17(13)10-3-1-2-4-11(10)18(22-15)12-5-8-16(24)23-19(12)25/h5-7,9,20H,1-4,8,21H2,(H,23,24,25). The van der Waals surface area contributed by atoms with Gasteiger partial charge in [-0.1, -0.05) is 6.08 Å². The minimum Gasteiger partial charge on any atom is -0.398 e. The quantitative estimate of drug-likeness (QED) is 0.444. The highest BCUT2D eigenvalue weighted by molar-refractivity contribution is 6.26. The van der Waals surface area contributed by atoms with Crippen molar-refractivity contribution in [2.24, 2.45) is 0 Å². The summed E-state index contributed by atoms with van der Waals surface area (Å²) in [4.78, 5) is 28.5. The molecular formula is C19H18N4O2. The molecule has 0 spiro atoms. The molecule has 4 rings (SSSR count). The van der Waals surface area contributed by atoms with Gasteiger partial charge >= 0.3 is 0 Å². The molecule has 2 aromatic rings. The van der Waals surface area contributed by atoms with E-state index in [9.17, 15) is 9.59 Å². The van der Waals surface area contributed by atoms with Crippen molar-refractivity contribution in [2.45, 2.75) is 32.1 Å². The average molecular weight is 334 g/mol. The third-order valence-corrected chi connectivity index (χ3v) is 4.93. The number of aromatic nitrogens is 1. The number of rotatable bonds is 2. The normalized spacial score (nSPS) is 17.0. The lowest BCUT2D eigenvalue weighted by molar-refractivity contribution is -0.127. The number of imide groups is 1. The Morgan fingerprint density at radius 2 is 1.92 bits per heavy atom. The second-order valence-corrected chi connectivity index (χ2v) is 6.43. The van der Waals surface area contributed by atoms with Crippen LogP contribution in [0, 0.1) is 5.41 Å². The molecule has 2 amide bonds. The van der Waals surface area contributed by atoms with Crippen LogP contribution in [0.1, 0.15) is 41.6 Å². The zero-order chi connectivity index (χ0) is 17.6. The molecule has 0 saturated carbocycles. The number of nitrogens with one attached hydrogen (secondary N) is 2. The Balaban J connectivity index is 2.04. The molecule has 6 nitrogen and oxygen atoms in total. The van der Waals surface area contributed by atoms with E-state index in [4.69, 9.17) is 16.1 Å². The fourth-order valence-corrected chi connectivity index (χ4v) is 3.78. The zero-order valence-electron chi connectivity index (χ0n) is 13.7. The highest BCUT2D eigenvalue weighted by Crippen LogP contribution is 2.36. The number of nitrogen functional groups attached to an aromatic ring is 1. The van der Waals surface area contributed by atoms with Crippen LogP contribution in [0.3, 0.4) is 0 Å². The molecule has 25 heavy (non-hydrogen) atoms. The van der Waals surface area contributed by atoms with E-state index >= 15 is 0 Å². The van der Waals surface area contributed by atoms with Crippen LogP contribution in [0.5, 0.6) is 0 Å². The highest BCUT2D eigenvalue weighted by atomic mass is 16.2. The molecular weight excluding hydrogens is 316 g/mol. The van der Waals surface area contributed by atoms with Gasteiger partial charge in [-0.3, -0.25) is 14.9 Å². The largest absolute Gasteiger partial charge is 0.398 e. The predicted octanol–water partition coefficient (Wildman–Crippen LogP) is 2.12. The third-order valence-electron chi connectivity index (χ3n) is 4.93. The number of hydrogen-bond donors (Lipinski definition) is 3. The van der Waals surface area contributed by atoms with E-state index in [0.29, 0.717) is 22.5 Å². The Labute approximate surface area is 144 Å². The molecule has 4 N–H and O–H groups in total. The Kier molecular flexibility index (Phi) is 3.60. The van der Waals surface area contributed by atoms with E-state index in [-0.39, 0.29) is 12.3 Å². The van der Waals surface area contributed by atoms with Crippen molar-refractivity contribution in [2.75, 3.05) is 5.73 Å². The molecule has 126 valence electrons. The molecule has 1 aliphatic carbocycles. The van der Waals surface area contributed by atoms with Crippen LogP contribution in [0.25, 0.3) is 16.5 Å². The molecule has 1 aromatic heterocycles. The van der Waals surface area contributed by atoms with Gasteiger partial charge in [-0.25, -0.2) is 4.98 Å². The maximum atomic E-state index is 12.3. The lowest BCUT2D eigenvalue weighted by Gasteiger charge is -2.24. The summed E-state index contributed by atoms with van der Waals surface area (Å²) in [5, 5.41) is 11.0. The summed E-state index contributed by atoms with van der Waals surface area (Å²) >= 11 is 0. The number of hydrogen-bond acceptors (Lipinski definition) is 5. The Morgan fingerprint density at radius 3 is 2.64 bits per heavy atom. The van der Waals surface area contributed by atoms with Crippen LogP contribution >= 0.6 is 0 Å². The van der Waals surface area contributed by atoms with E-state index in [1.165, 1.54) is 6.21 Å². The Bertz CT molecular complexity index is 975. The molecule has 0 atom stereocenters. The van der Waals surface area contributed by atoms with Gasteiger partial charge in [0.2, 0.25) is 5.91 Å². The van der Waals surface area contributed by atoms with E-state index in [1.54, 1.807) is 12.1 Å². The van der Waals surface area contributed by atoms with E-state index in [2.05, 4.69) is 5.32 Å². The summed E-state index contributed by atoms with van der Waals surface area (Å²) in [7, 11) is 0. The van der Waals surface area contributed by atoms with Gasteiger partial charge in [0.15, 0.2) is 0 Å². The van der Waals surface area contributed by atoms with Gasteiger partial charge in [-0.2, -0.15) is 0 Å². The summed E-state index contributed by atoms with van der Waals surface area (Å²) in [5.74, 6) is -0.680. The smallest absolute Gasteiger partial charge is 0.259 e. The fraction of sp³-hybridized carbons (Fsp3) is 0.263. The summed E-state index contributed by atoms with van der Waals surface area (Å²) in [6.07, 6.45) is 6.92. The van der Waals surface area contributed by atoms with Crippen molar-refractivity contribution in [3.05, 3.63) is 40.6 Å². The summed E-state index contributed by atoms with van der Waals surface area (Å²) < 4.78 is 0. The molecule has 0 unspecified atom stereocenters. The first kappa shape index (κ1) is 15.5. The third kappa shape index (κ3) is 2.41. The predicted molar refractivity (Wildman–Crippen MR) is 96.4 cm³/mol.